The van der Waals surface area contributed by atoms with Gasteiger partial charge in [0.15, 0.2) is 0 Å². The van der Waals surface area contributed by atoms with E-state index in [1.807, 2.05) is 0 Å². The second kappa shape index (κ2) is 8.87. The highest BCUT2D eigenvalue weighted by molar-refractivity contribution is 7.89. The van der Waals surface area contributed by atoms with Gasteiger partial charge in [-0.25, -0.2) is 8.42 Å². The molecular formula is C18H24ClF3N2O3S. The fraction of sp³-hybridized carbons (Fsp3) is 0.667. The normalized spacial score (nSPS) is 21.1. The van der Waals surface area contributed by atoms with Crippen LogP contribution in [0.5, 0.6) is 0 Å². The van der Waals surface area contributed by atoms with Crippen LogP contribution in [0.3, 0.4) is 0 Å². The van der Waals surface area contributed by atoms with Gasteiger partial charge in [-0.2, -0.15) is 17.5 Å². The van der Waals surface area contributed by atoms with Crippen molar-refractivity contribution >= 4 is 21.6 Å². The molecule has 3 rings (SSSR count). The van der Waals surface area contributed by atoms with Crippen LogP contribution in [0.1, 0.15) is 24.8 Å². The predicted octanol–water partition coefficient (Wildman–Crippen LogP) is 3.48. The Balaban J connectivity index is 1.61. The molecule has 0 unspecified atom stereocenters. The zero-order valence-corrected chi connectivity index (χ0v) is 17.0. The molecule has 0 aromatic heterocycles. The quantitative estimate of drug-likeness (QED) is 0.703. The number of sulfonamides is 1. The summed E-state index contributed by atoms with van der Waals surface area (Å²) in [5, 5.41) is -0.192. The van der Waals surface area contributed by atoms with Crippen molar-refractivity contribution in [1.82, 2.24) is 9.21 Å². The Hall–Kier alpha value is -0.870. The summed E-state index contributed by atoms with van der Waals surface area (Å²) in [7, 11) is -4.06. The summed E-state index contributed by atoms with van der Waals surface area (Å²) in [6.07, 6.45) is -2.25. The van der Waals surface area contributed by atoms with Crippen LogP contribution in [0.15, 0.2) is 23.1 Å². The van der Waals surface area contributed by atoms with Crippen molar-refractivity contribution in [2.24, 2.45) is 5.92 Å². The van der Waals surface area contributed by atoms with Gasteiger partial charge in [0.25, 0.3) is 0 Å². The van der Waals surface area contributed by atoms with E-state index in [0.717, 1.165) is 51.4 Å². The average molecular weight is 441 g/mol. The maximum Gasteiger partial charge on any atom is 0.416 e. The molecule has 2 heterocycles. The van der Waals surface area contributed by atoms with Gasteiger partial charge in [0, 0.05) is 26.2 Å². The van der Waals surface area contributed by atoms with Crippen molar-refractivity contribution in [3.8, 4) is 0 Å². The van der Waals surface area contributed by atoms with Crippen LogP contribution in [-0.4, -0.2) is 63.6 Å². The van der Waals surface area contributed by atoms with E-state index in [0.29, 0.717) is 37.9 Å². The van der Waals surface area contributed by atoms with Crippen molar-refractivity contribution < 1.29 is 26.3 Å². The minimum atomic E-state index is -4.62. The van der Waals surface area contributed by atoms with Crippen molar-refractivity contribution in [1.29, 1.82) is 0 Å². The number of hydrogen-bond acceptors (Lipinski definition) is 4. The second-order valence-electron chi connectivity index (χ2n) is 7.23. The van der Waals surface area contributed by atoms with Gasteiger partial charge in [0.05, 0.1) is 23.8 Å². The van der Waals surface area contributed by atoms with Crippen LogP contribution in [0.4, 0.5) is 13.2 Å². The maximum absolute atomic E-state index is 13.0. The fourth-order valence-electron chi connectivity index (χ4n) is 3.64. The standard InChI is InChI=1S/C18H24ClF3N2O3S/c19-16-2-1-15(18(20,21)22)13-17(16)28(25,26)24-7-4-14(5-8-24)3-6-23-9-11-27-12-10-23/h1-2,13-14H,3-12H2. The molecule has 2 aliphatic heterocycles. The Bertz CT molecular complexity index is 775. The topological polar surface area (TPSA) is 49.9 Å². The van der Waals surface area contributed by atoms with Gasteiger partial charge in [-0.1, -0.05) is 11.6 Å². The van der Waals surface area contributed by atoms with Gasteiger partial charge < -0.3 is 4.74 Å². The zero-order valence-electron chi connectivity index (χ0n) is 15.4. The molecule has 0 bridgehead atoms. The molecule has 1 aromatic rings. The van der Waals surface area contributed by atoms with E-state index in [1.165, 1.54) is 4.31 Å². The Labute approximate surface area is 168 Å². The maximum atomic E-state index is 13.0. The summed E-state index contributed by atoms with van der Waals surface area (Å²) in [5.41, 5.74) is -1.02. The number of hydrogen-bond donors (Lipinski definition) is 0. The number of piperidine rings is 1. The first-order chi connectivity index (χ1) is 13.2. The van der Waals surface area contributed by atoms with Crippen molar-refractivity contribution in [2.45, 2.75) is 30.3 Å². The molecule has 0 spiro atoms. The molecule has 0 saturated carbocycles. The first-order valence-electron chi connectivity index (χ1n) is 9.35. The second-order valence-corrected chi connectivity index (χ2v) is 9.55. The third-order valence-electron chi connectivity index (χ3n) is 5.41. The van der Waals surface area contributed by atoms with E-state index in [9.17, 15) is 21.6 Å². The highest BCUT2D eigenvalue weighted by Gasteiger charge is 2.35. The molecule has 158 valence electrons. The number of halogens is 4. The lowest BCUT2D eigenvalue weighted by molar-refractivity contribution is -0.137. The Morgan fingerprint density at radius 1 is 1.11 bits per heavy atom. The molecule has 0 radical (unpaired) electrons. The molecule has 0 amide bonds. The summed E-state index contributed by atoms with van der Waals surface area (Å²) in [6.45, 7) is 4.87. The van der Waals surface area contributed by atoms with E-state index >= 15 is 0 Å². The van der Waals surface area contributed by atoms with Crippen molar-refractivity contribution in [3.63, 3.8) is 0 Å². The summed E-state index contributed by atoms with van der Waals surface area (Å²) in [6, 6.07) is 2.41. The van der Waals surface area contributed by atoms with Gasteiger partial charge in [0.2, 0.25) is 10.0 Å². The molecule has 2 saturated heterocycles. The predicted molar refractivity (Wildman–Crippen MR) is 99.8 cm³/mol. The Kier molecular flexibility index (Phi) is 6.92. The third kappa shape index (κ3) is 5.18. The molecular weight excluding hydrogens is 417 g/mol. The monoisotopic (exact) mass is 440 g/mol. The van der Waals surface area contributed by atoms with Gasteiger partial charge in [0.1, 0.15) is 4.90 Å². The van der Waals surface area contributed by atoms with Gasteiger partial charge in [-0.05, 0) is 49.9 Å². The summed E-state index contributed by atoms with van der Waals surface area (Å²) in [5.74, 6) is 0.409. The van der Waals surface area contributed by atoms with E-state index in [2.05, 4.69) is 4.90 Å². The van der Waals surface area contributed by atoms with E-state index in [-0.39, 0.29) is 5.02 Å². The number of benzene rings is 1. The number of rotatable bonds is 5. The van der Waals surface area contributed by atoms with E-state index < -0.39 is 26.7 Å². The van der Waals surface area contributed by atoms with Crippen LogP contribution in [-0.2, 0) is 20.9 Å². The van der Waals surface area contributed by atoms with E-state index in [1.54, 1.807) is 0 Å². The first kappa shape index (κ1) is 21.8. The smallest absolute Gasteiger partial charge is 0.379 e. The summed E-state index contributed by atoms with van der Waals surface area (Å²) < 4.78 is 71.1. The van der Waals surface area contributed by atoms with E-state index in [4.69, 9.17) is 16.3 Å². The molecule has 10 heteroatoms. The van der Waals surface area contributed by atoms with Crippen molar-refractivity contribution in [2.75, 3.05) is 45.9 Å². The molecule has 2 fully saturated rings. The van der Waals surface area contributed by atoms with Gasteiger partial charge in [-0.3, -0.25) is 4.90 Å². The summed E-state index contributed by atoms with van der Waals surface area (Å²) >= 11 is 5.93. The molecule has 0 atom stereocenters. The zero-order chi connectivity index (χ0) is 20.4. The molecule has 0 N–H and O–H groups in total. The number of morpholine rings is 1. The summed E-state index contributed by atoms with van der Waals surface area (Å²) in [4.78, 5) is 1.87. The van der Waals surface area contributed by atoms with Gasteiger partial charge >= 0.3 is 6.18 Å². The lowest BCUT2D eigenvalue weighted by Gasteiger charge is -2.33. The van der Waals surface area contributed by atoms with Crippen LogP contribution >= 0.6 is 11.6 Å². The lowest BCUT2D eigenvalue weighted by Crippen LogP contribution is -2.40. The molecule has 1 aromatic carbocycles. The van der Waals surface area contributed by atoms with Crippen LogP contribution in [0, 0.1) is 5.92 Å². The van der Waals surface area contributed by atoms with Crippen LogP contribution in [0.2, 0.25) is 5.02 Å². The highest BCUT2D eigenvalue weighted by Crippen LogP contribution is 2.35. The molecule has 0 aliphatic carbocycles. The number of nitrogens with zero attached hydrogens (tertiary/aromatic N) is 2. The number of alkyl halides is 3. The minimum absolute atomic E-state index is 0.192. The molecule has 5 nitrogen and oxygen atoms in total. The van der Waals surface area contributed by atoms with Gasteiger partial charge in [-0.15, -0.1) is 0 Å². The minimum Gasteiger partial charge on any atom is -0.379 e. The SMILES string of the molecule is O=S(=O)(c1cc(C(F)(F)F)ccc1Cl)N1CCC(CCN2CCOCC2)CC1. The van der Waals surface area contributed by atoms with Crippen LogP contribution < -0.4 is 0 Å². The third-order valence-corrected chi connectivity index (χ3v) is 7.79. The van der Waals surface area contributed by atoms with Crippen LogP contribution in [0.25, 0.3) is 0 Å². The highest BCUT2D eigenvalue weighted by atomic mass is 35.5. The Morgan fingerprint density at radius 2 is 1.75 bits per heavy atom. The average Bonchev–Trinajstić information content (AvgIpc) is 2.67. The molecule has 28 heavy (non-hydrogen) atoms. The fourth-order valence-corrected chi connectivity index (χ4v) is 5.61. The number of ether oxygens (including phenoxy) is 1. The first-order valence-corrected chi connectivity index (χ1v) is 11.2. The largest absolute Gasteiger partial charge is 0.416 e. The molecule has 2 aliphatic rings. The Morgan fingerprint density at radius 3 is 2.36 bits per heavy atom. The lowest BCUT2D eigenvalue weighted by atomic mass is 9.94. The van der Waals surface area contributed by atoms with Crippen molar-refractivity contribution in [3.05, 3.63) is 28.8 Å².